The van der Waals surface area contributed by atoms with Gasteiger partial charge in [-0.25, -0.2) is 4.98 Å². The molecule has 128 valence electrons. The maximum Gasteiger partial charge on any atom is 0.221 e. The molecule has 0 saturated heterocycles. The highest BCUT2D eigenvalue weighted by atomic mass is 32.1. The lowest BCUT2D eigenvalue weighted by molar-refractivity contribution is -0.114. The second-order valence-corrected chi connectivity index (χ2v) is 6.21. The maximum atomic E-state index is 11.2. The first kappa shape index (κ1) is 17.0. The van der Waals surface area contributed by atoms with Crippen LogP contribution in [-0.2, 0) is 4.79 Å². The molecule has 0 aliphatic rings. The number of rotatable bonds is 6. The largest absolute Gasteiger partial charge is 0.493 e. The average Bonchev–Trinajstić information content (AvgIpc) is 3.04. The van der Waals surface area contributed by atoms with Crippen LogP contribution in [0.1, 0.15) is 13.8 Å². The topological polar surface area (TPSA) is 63.2 Å². The molecule has 3 aromatic rings. The molecule has 0 spiro atoms. The fraction of sp³-hybridized carbons (Fsp3) is 0.158. The predicted octanol–water partition coefficient (Wildman–Crippen LogP) is 4.91. The highest BCUT2D eigenvalue weighted by Crippen LogP contribution is 2.33. The van der Waals surface area contributed by atoms with Gasteiger partial charge in [-0.15, -0.1) is 11.3 Å². The molecule has 0 atom stereocenters. The van der Waals surface area contributed by atoms with Crippen molar-refractivity contribution in [1.29, 1.82) is 0 Å². The third-order valence-corrected chi connectivity index (χ3v) is 4.16. The lowest BCUT2D eigenvalue weighted by Gasteiger charge is -2.08. The monoisotopic (exact) mass is 353 g/mol. The highest BCUT2D eigenvalue weighted by molar-refractivity contribution is 7.14. The molecule has 3 rings (SSSR count). The number of nitrogens with zero attached hydrogens (tertiary/aromatic N) is 1. The van der Waals surface area contributed by atoms with Crippen molar-refractivity contribution >= 4 is 33.8 Å². The predicted molar refractivity (Wildman–Crippen MR) is 103 cm³/mol. The summed E-state index contributed by atoms with van der Waals surface area (Å²) in [6.07, 6.45) is 0. The van der Waals surface area contributed by atoms with Crippen molar-refractivity contribution in [2.75, 3.05) is 17.2 Å². The summed E-state index contributed by atoms with van der Waals surface area (Å²) in [6.45, 7) is 4.07. The summed E-state index contributed by atoms with van der Waals surface area (Å²) in [5, 5.41) is 8.82. The second-order valence-electron chi connectivity index (χ2n) is 5.35. The zero-order valence-corrected chi connectivity index (χ0v) is 14.9. The summed E-state index contributed by atoms with van der Waals surface area (Å²) in [4.78, 5) is 15.8. The molecular formula is C19H19N3O2S. The zero-order chi connectivity index (χ0) is 17.6. The van der Waals surface area contributed by atoms with Gasteiger partial charge in [-0.05, 0) is 37.3 Å². The van der Waals surface area contributed by atoms with Crippen LogP contribution in [0.5, 0.6) is 5.75 Å². The van der Waals surface area contributed by atoms with Gasteiger partial charge < -0.3 is 15.4 Å². The van der Waals surface area contributed by atoms with Crippen LogP contribution in [-0.4, -0.2) is 17.5 Å². The number of carbonyl (C=O) groups excluding carboxylic acids is 1. The summed E-state index contributed by atoms with van der Waals surface area (Å²) >= 11 is 1.52. The number of thiazole rings is 1. The van der Waals surface area contributed by atoms with Crippen LogP contribution in [0.15, 0.2) is 53.9 Å². The van der Waals surface area contributed by atoms with Crippen molar-refractivity contribution < 1.29 is 9.53 Å². The minimum Gasteiger partial charge on any atom is -0.493 e. The van der Waals surface area contributed by atoms with E-state index < -0.39 is 0 Å². The molecule has 0 aliphatic heterocycles. The average molecular weight is 353 g/mol. The van der Waals surface area contributed by atoms with Crippen molar-refractivity contribution in [2.24, 2.45) is 0 Å². The lowest BCUT2D eigenvalue weighted by atomic mass is 10.1. The van der Waals surface area contributed by atoms with Crippen molar-refractivity contribution in [2.45, 2.75) is 13.8 Å². The quantitative estimate of drug-likeness (QED) is 0.661. The first-order chi connectivity index (χ1) is 12.2. The number of carbonyl (C=O) groups is 1. The first-order valence-corrected chi connectivity index (χ1v) is 8.86. The van der Waals surface area contributed by atoms with Gasteiger partial charge in [0.25, 0.3) is 0 Å². The van der Waals surface area contributed by atoms with E-state index in [0.717, 1.165) is 33.5 Å². The van der Waals surface area contributed by atoms with Gasteiger partial charge in [0, 0.05) is 29.2 Å². The van der Waals surface area contributed by atoms with Crippen LogP contribution < -0.4 is 15.4 Å². The van der Waals surface area contributed by atoms with E-state index in [9.17, 15) is 4.79 Å². The lowest BCUT2D eigenvalue weighted by Crippen LogP contribution is -2.05. The van der Waals surface area contributed by atoms with Crippen molar-refractivity contribution in [1.82, 2.24) is 4.98 Å². The van der Waals surface area contributed by atoms with Gasteiger partial charge in [-0.2, -0.15) is 0 Å². The highest BCUT2D eigenvalue weighted by Gasteiger charge is 2.10. The normalized spacial score (nSPS) is 10.3. The van der Waals surface area contributed by atoms with Crippen LogP contribution in [0.3, 0.4) is 0 Å². The summed E-state index contributed by atoms with van der Waals surface area (Å²) < 4.78 is 5.68. The molecular weight excluding hydrogens is 334 g/mol. The number of amides is 1. The molecule has 25 heavy (non-hydrogen) atoms. The minimum atomic E-state index is -0.0961. The molecule has 5 nitrogen and oxygen atoms in total. The number of benzene rings is 2. The Labute approximate surface area is 150 Å². The van der Waals surface area contributed by atoms with Gasteiger partial charge in [0.15, 0.2) is 5.13 Å². The van der Waals surface area contributed by atoms with Crippen LogP contribution >= 0.6 is 11.3 Å². The Bertz CT molecular complexity index is 876. The van der Waals surface area contributed by atoms with Gasteiger partial charge >= 0.3 is 0 Å². The fourth-order valence-electron chi connectivity index (χ4n) is 2.42. The summed E-state index contributed by atoms with van der Waals surface area (Å²) in [5.74, 6) is 0.732. The van der Waals surface area contributed by atoms with E-state index in [4.69, 9.17) is 4.74 Å². The van der Waals surface area contributed by atoms with E-state index in [-0.39, 0.29) is 5.91 Å². The third-order valence-electron chi connectivity index (χ3n) is 3.40. The van der Waals surface area contributed by atoms with E-state index >= 15 is 0 Å². The van der Waals surface area contributed by atoms with E-state index in [2.05, 4.69) is 15.6 Å². The second kappa shape index (κ2) is 7.81. The molecule has 6 heteroatoms. The number of anilines is 3. The number of nitrogens with one attached hydrogen (secondary N) is 2. The molecule has 2 N–H and O–H groups in total. The van der Waals surface area contributed by atoms with Gasteiger partial charge in [-0.1, -0.05) is 18.2 Å². The number of ether oxygens (including phenoxy) is 1. The van der Waals surface area contributed by atoms with Gasteiger partial charge in [0.1, 0.15) is 5.75 Å². The third kappa shape index (κ3) is 4.36. The van der Waals surface area contributed by atoms with Gasteiger partial charge in [0.05, 0.1) is 12.3 Å². The van der Waals surface area contributed by atoms with Crippen molar-refractivity contribution in [3.63, 3.8) is 0 Å². The Balaban J connectivity index is 1.80. The number of hydrogen-bond acceptors (Lipinski definition) is 5. The van der Waals surface area contributed by atoms with E-state index in [1.165, 1.54) is 18.3 Å². The van der Waals surface area contributed by atoms with E-state index in [1.54, 1.807) is 0 Å². The summed E-state index contributed by atoms with van der Waals surface area (Å²) in [6, 6.07) is 15.4. The Morgan fingerprint density at radius 1 is 1.16 bits per heavy atom. The summed E-state index contributed by atoms with van der Waals surface area (Å²) in [5.41, 5.74) is 3.46. The molecule has 2 aromatic carbocycles. The fourth-order valence-corrected chi connectivity index (χ4v) is 3.15. The van der Waals surface area contributed by atoms with Gasteiger partial charge in [-0.3, -0.25) is 4.79 Å². The molecule has 0 saturated carbocycles. The van der Waals surface area contributed by atoms with E-state index in [0.29, 0.717) is 6.61 Å². The van der Waals surface area contributed by atoms with Crippen LogP contribution in [0.4, 0.5) is 16.5 Å². The number of hydrogen-bond donors (Lipinski definition) is 2. The molecule has 0 fully saturated rings. The Hall–Kier alpha value is -2.86. The SMILES string of the molecule is CCOc1ccccc1-c1csc(Nc2cccc(NC(C)=O)c2)n1. The minimum absolute atomic E-state index is 0.0961. The van der Waals surface area contributed by atoms with Crippen LogP contribution in [0, 0.1) is 0 Å². The number of aromatic nitrogens is 1. The standard InChI is InChI=1S/C19H19N3O2S/c1-3-24-18-10-5-4-9-16(18)17-12-25-19(22-17)21-15-8-6-7-14(11-15)20-13(2)23/h4-12H,3H2,1-2H3,(H,20,23)(H,21,22). The Morgan fingerprint density at radius 2 is 1.96 bits per heavy atom. The van der Waals surface area contributed by atoms with E-state index in [1.807, 2.05) is 60.8 Å². The Kier molecular flexibility index (Phi) is 5.30. The molecule has 0 radical (unpaired) electrons. The molecule has 1 aromatic heterocycles. The summed E-state index contributed by atoms with van der Waals surface area (Å²) in [7, 11) is 0. The van der Waals surface area contributed by atoms with Crippen LogP contribution in [0.25, 0.3) is 11.3 Å². The Morgan fingerprint density at radius 3 is 2.76 bits per heavy atom. The van der Waals surface area contributed by atoms with Crippen molar-refractivity contribution in [3.8, 4) is 17.0 Å². The molecule has 0 aliphatic carbocycles. The maximum absolute atomic E-state index is 11.2. The van der Waals surface area contributed by atoms with Gasteiger partial charge in [0.2, 0.25) is 5.91 Å². The van der Waals surface area contributed by atoms with Crippen LogP contribution in [0.2, 0.25) is 0 Å². The molecule has 1 heterocycles. The molecule has 0 unspecified atom stereocenters. The number of para-hydroxylation sites is 1. The zero-order valence-electron chi connectivity index (χ0n) is 14.1. The molecule has 1 amide bonds. The molecule has 0 bridgehead atoms. The smallest absolute Gasteiger partial charge is 0.221 e. The van der Waals surface area contributed by atoms with Crippen molar-refractivity contribution in [3.05, 3.63) is 53.9 Å². The first-order valence-electron chi connectivity index (χ1n) is 7.98.